The molecular formula is C14H14N4O2. The van der Waals surface area contributed by atoms with Crippen LogP contribution in [0.5, 0.6) is 0 Å². The second-order valence-electron chi connectivity index (χ2n) is 5.19. The molecule has 0 aliphatic heterocycles. The number of aryl methyl sites for hydroxylation is 3. The van der Waals surface area contributed by atoms with Crippen molar-refractivity contribution in [2.45, 2.75) is 32.6 Å². The third-order valence-electron chi connectivity index (χ3n) is 3.76. The van der Waals surface area contributed by atoms with Gasteiger partial charge >= 0.3 is 5.69 Å². The molecule has 6 heteroatoms. The first-order valence-electron chi connectivity index (χ1n) is 6.78. The Labute approximate surface area is 114 Å². The minimum absolute atomic E-state index is 0.150. The zero-order valence-corrected chi connectivity index (χ0v) is 11.1. The fourth-order valence-electron chi connectivity index (χ4n) is 2.80. The molecule has 1 aliphatic carbocycles. The normalized spacial score (nSPS) is 14.7. The Kier molecular flexibility index (Phi) is 2.33. The summed E-state index contributed by atoms with van der Waals surface area (Å²) in [6.07, 6.45) is 7.46. The lowest BCUT2D eigenvalue weighted by Gasteiger charge is -2.15. The number of fused-ring (bicyclic) bond motifs is 3. The van der Waals surface area contributed by atoms with Crippen molar-refractivity contribution < 1.29 is 4.42 Å². The molecule has 0 amide bonds. The molecule has 3 heterocycles. The lowest BCUT2D eigenvalue weighted by atomic mass is 9.97. The van der Waals surface area contributed by atoms with Crippen LogP contribution in [-0.4, -0.2) is 19.4 Å². The summed E-state index contributed by atoms with van der Waals surface area (Å²) in [5.74, 6) is 1.18. The molecule has 4 rings (SSSR count). The summed E-state index contributed by atoms with van der Waals surface area (Å²) >= 11 is 0. The molecule has 0 fully saturated rings. The van der Waals surface area contributed by atoms with Crippen molar-refractivity contribution in [2.24, 2.45) is 0 Å². The second kappa shape index (κ2) is 4.06. The molecule has 3 aromatic heterocycles. The number of rotatable bonds is 1. The number of imidazole rings is 1. The molecule has 6 nitrogen and oxygen atoms in total. The minimum Gasteiger partial charge on any atom is -0.440 e. The summed E-state index contributed by atoms with van der Waals surface area (Å²) in [6, 6.07) is 0. The monoisotopic (exact) mass is 270 g/mol. The van der Waals surface area contributed by atoms with Gasteiger partial charge in [0.2, 0.25) is 5.89 Å². The Hall–Kier alpha value is -2.37. The average Bonchev–Trinajstić information content (AvgIpc) is 3.05. The highest BCUT2D eigenvalue weighted by Gasteiger charge is 2.19. The van der Waals surface area contributed by atoms with E-state index in [0.29, 0.717) is 11.6 Å². The molecule has 0 spiro atoms. The predicted octanol–water partition coefficient (Wildman–Crippen LogP) is 1.86. The van der Waals surface area contributed by atoms with Crippen molar-refractivity contribution >= 4 is 5.65 Å². The summed E-state index contributed by atoms with van der Waals surface area (Å²) in [5.41, 5.74) is 3.35. The maximum atomic E-state index is 12.1. The molecule has 0 unspecified atom stereocenters. The lowest BCUT2D eigenvalue weighted by Crippen LogP contribution is -2.21. The van der Waals surface area contributed by atoms with Crippen molar-refractivity contribution in [1.29, 1.82) is 0 Å². The van der Waals surface area contributed by atoms with Gasteiger partial charge in [0.15, 0.2) is 0 Å². The van der Waals surface area contributed by atoms with Crippen LogP contribution in [0.1, 0.15) is 29.9 Å². The van der Waals surface area contributed by atoms with Gasteiger partial charge in [0, 0.05) is 17.5 Å². The molecule has 1 aliphatic rings. The topological polar surface area (TPSA) is 76.2 Å². The number of H-pyrrole nitrogens is 1. The van der Waals surface area contributed by atoms with Gasteiger partial charge in [0.1, 0.15) is 17.1 Å². The standard InChI is InChI=1S/C14H14N4O2/c1-8-6-15-13(20-8)11-7-18-12(16-11)9-4-2-3-5-10(9)17-14(18)19/h6-7H,2-5H2,1H3,(H,17,19). The maximum Gasteiger partial charge on any atom is 0.331 e. The summed E-state index contributed by atoms with van der Waals surface area (Å²) in [4.78, 5) is 23.8. The number of aromatic nitrogens is 4. The zero-order chi connectivity index (χ0) is 13.7. The zero-order valence-electron chi connectivity index (χ0n) is 11.1. The Morgan fingerprint density at radius 3 is 3.00 bits per heavy atom. The highest BCUT2D eigenvalue weighted by molar-refractivity contribution is 5.59. The molecule has 1 N–H and O–H groups in total. The fourth-order valence-corrected chi connectivity index (χ4v) is 2.80. The average molecular weight is 270 g/mol. The van der Waals surface area contributed by atoms with Crippen molar-refractivity contribution in [2.75, 3.05) is 0 Å². The smallest absolute Gasteiger partial charge is 0.331 e. The summed E-state index contributed by atoms with van der Waals surface area (Å²) in [6.45, 7) is 1.83. The Balaban J connectivity index is 1.99. The van der Waals surface area contributed by atoms with E-state index in [-0.39, 0.29) is 5.69 Å². The van der Waals surface area contributed by atoms with Gasteiger partial charge in [-0.2, -0.15) is 0 Å². The van der Waals surface area contributed by atoms with Gasteiger partial charge in [-0.25, -0.2) is 14.8 Å². The number of aromatic amines is 1. The third kappa shape index (κ3) is 1.61. The van der Waals surface area contributed by atoms with Gasteiger partial charge in [-0.3, -0.25) is 4.40 Å². The summed E-state index contributed by atoms with van der Waals surface area (Å²) < 4.78 is 7.04. The molecule has 20 heavy (non-hydrogen) atoms. The van der Waals surface area contributed by atoms with E-state index in [1.54, 1.807) is 16.8 Å². The van der Waals surface area contributed by atoms with Crippen LogP contribution in [0.15, 0.2) is 21.6 Å². The van der Waals surface area contributed by atoms with Crippen LogP contribution in [0, 0.1) is 6.92 Å². The van der Waals surface area contributed by atoms with E-state index in [1.165, 1.54) is 0 Å². The van der Waals surface area contributed by atoms with E-state index in [2.05, 4.69) is 15.0 Å². The van der Waals surface area contributed by atoms with Crippen LogP contribution in [0.2, 0.25) is 0 Å². The largest absolute Gasteiger partial charge is 0.440 e. The number of hydrogen-bond donors (Lipinski definition) is 1. The van der Waals surface area contributed by atoms with E-state index in [9.17, 15) is 4.79 Å². The van der Waals surface area contributed by atoms with Gasteiger partial charge in [-0.05, 0) is 32.6 Å². The van der Waals surface area contributed by atoms with Crippen LogP contribution < -0.4 is 5.69 Å². The Morgan fingerprint density at radius 1 is 1.35 bits per heavy atom. The van der Waals surface area contributed by atoms with Crippen molar-refractivity contribution in [3.8, 4) is 11.6 Å². The van der Waals surface area contributed by atoms with E-state index in [1.807, 2.05) is 6.92 Å². The van der Waals surface area contributed by atoms with E-state index in [0.717, 1.165) is 48.3 Å². The molecule has 0 bridgehead atoms. The van der Waals surface area contributed by atoms with Gasteiger partial charge in [0.05, 0.1) is 6.20 Å². The van der Waals surface area contributed by atoms with E-state index in [4.69, 9.17) is 4.42 Å². The third-order valence-corrected chi connectivity index (χ3v) is 3.76. The van der Waals surface area contributed by atoms with Crippen LogP contribution in [-0.2, 0) is 12.8 Å². The predicted molar refractivity (Wildman–Crippen MR) is 72.7 cm³/mol. The number of nitrogens with one attached hydrogen (secondary N) is 1. The van der Waals surface area contributed by atoms with Gasteiger partial charge in [-0.1, -0.05) is 0 Å². The van der Waals surface area contributed by atoms with Gasteiger partial charge in [0.25, 0.3) is 0 Å². The number of hydrogen-bond acceptors (Lipinski definition) is 4. The number of oxazole rings is 1. The minimum atomic E-state index is -0.150. The molecule has 0 atom stereocenters. The van der Waals surface area contributed by atoms with Crippen molar-refractivity contribution in [1.82, 2.24) is 19.4 Å². The Bertz CT molecular complexity index is 856. The van der Waals surface area contributed by atoms with Crippen molar-refractivity contribution in [3.05, 3.63) is 39.9 Å². The first-order valence-corrected chi connectivity index (χ1v) is 6.78. The lowest BCUT2D eigenvalue weighted by molar-refractivity contribution is 0.541. The Morgan fingerprint density at radius 2 is 2.20 bits per heavy atom. The quantitative estimate of drug-likeness (QED) is 0.732. The molecule has 102 valence electrons. The van der Waals surface area contributed by atoms with Crippen LogP contribution >= 0.6 is 0 Å². The molecule has 0 radical (unpaired) electrons. The van der Waals surface area contributed by atoms with Crippen LogP contribution in [0.25, 0.3) is 17.2 Å². The summed E-state index contributed by atoms with van der Waals surface area (Å²) in [5, 5.41) is 0. The molecule has 0 saturated heterocycles. The summed E-state index contributed by atoms with van der Waals surface area (Å²) in [7, 11) is 0. The molecule has 0 aromatic carbocycles. The highest BCUT2D eigenvalue weighted by atomic mass is 16.4. The first kappa shape index (κ1) is 11.5. The van der Waals surface area contributed by atoms with E-state index < -0.39 is 0 Å². The van der Waals surface area contributed by atoms with E-state index >= 15 is 0 Å². The molecule has 0 saturated carbocycles. The number of nitrogens with zero attached hydrogens (tertiary/aromatic N) is 3. The van der Waals surface area contributed by atoms with Gasteiger partial charge in [-0.15, -0.1) is 0 Å². The molecule has 3 aromatic rings. The van der Waals surface area contributed by atoms with Crippen molar-refractivity contribution in [3.63, 3.8) is 0 Å². The maximum absolute atomic E-state index is 12.1. The van der Waals surface area contributed by atoms with Crippen LogP contribution in [0.4, 0.5) is 0 Å². The van der Waals surface area contributed by atoms with Crippen LogP contribution in [0.3, 0.4) is 0 Å². The van der Waals surface area contributed by atoms with Gasteiger partial charge < -0.3 is 9.40 Å². The SMILES string of the molecule is Cc1cnc(-c2cn3c(=O)[nH]c4c(c3n2)CCCC4)o1. The fraction of sp³-hybridized carbons (Fsp3) is 0.357. The second-order valence-corrected chi connectivity index (χ2v) is 5.19. The highest BCUT2D eigenvalue weighted by Crippen LogP contribution is 2.24. The molecular weight excluding hydrogens is 256 g/mol. The first-order chi connectivity index (χ1) is 9.72.